The number of likely N-dealkylation sites (N-methyl/N-ethyl adjacent to an activating group) is 1. The first-order valence-corrected chi connectivity index (χ1v) is 6.74. The van der Waals surface area contributed by atoms with E-state index >= 15 is 0 Å². The fourth-order valence-corrected chi connectivity index (χ4v) is 2.41. The molecule has 1 saturated carbocycles. The van der Waals surface area contributed by atoms with Gasteiger partial charge < -0.3 is 15.4 Å². The first-order valence-electron chi connectivity index (χ1n) is 6.74. The Hall–Kier alpha value is -1.55. The Bertz CT molecular complexity index is 444. The summed E-state index contributed by atoms with van der Waals surface area (Å²) in [6.07, 6.45) is 2.79. The second kappa shape index (κ2) is 6.06. The minimum atomic E-state index is 0.121. The van der Waals surface area contributed by atoms with E-state index in [2.05, 4.69) is 0 Å². The molecular weight excluding hydrogens is 240 g/mol. The van der Waals surface area contributed by atoms with Gasteiger partial charge in [-0.2, -0.15) is 0 Å². The molecule has 1 fully saturated rings. The smallest absolute Gasteiger partial charge is 0.227 e. The maximum Gasteiger partial charge on any atom is 0.227 e. The van der Waals surface area contributed by atoms with Crippen LogP contribution < -0.4 is 10.5 Å². The van der Waals surface area contributed by atoms with Gasteiger partial charge in [-0.1, -0.05) is 12.1 Å². The number of methoxy groups -OCH3 is 1. The van der Waals surface area contributed by atoms with E-state index in [0.717, 1.165) is 11.3 Å². The second-order valence-corrected chi connectivity index (χ2v) is 5.17. The molecule has 0 aliphatic heterocycles. The van der Waals surface area contributed by atoms with Crippen molar-refractivity contribution in [3.05, 3.63) is 29.8 Å². The van der Waals surface area contributed by atoms with Gasteiger partial charge in [0.15, 0.2) is 0 Å². The van der Waals surface area contributed by atoms with E-state index in [-0.39, 0.29) is 11.9 Å². The zero-order valence-electron chi connectivity index (χ0n) is 11.6. The summed E-state index contributed by atoms with van der Waals surface area (Å²) in [5, 5.41) is 0. The minimum Gasteiger partial charge on any atom is -0.497 e. The predicted molar refractivity (Wildman–Crippen MR) is 75.0 cm³/mol. The molecule has 1 aliphatic carbocycles. The van der Waals surface area contributed by atoms with Crippen LogP contribution in [0.2, 0.25) is 0 Å². The average molecular weight is 262 g/mol. The first kappa shape index (κ1) is 13.9. The summed E-state index contributed by atoms with van der Waals surface area (Å²) in [6.45, 7) is 0.547. The minimum absolute atomic E-state index is 0.121. The van der Waals surface area contributed by atoms with Gasteiger partial charge in [-0.15, -0.1) is 0 Å². The Balaban J connectivity index is 1.99. The number of nitrogens with zero attached hydrogens (tertiary/aromatic N) is 1. The van der Waals surface area contributed by atoms with E-state index in [1.807, 2.05) is 36.2 Å². The molecule has 19 heavy (non-hydrogen) atoms. The molecule has 104 valence electrons. The van der Waals surface area contributed by atoms with Crippen molar-refractivity contribution in [2.24, 2.45) is 11.7 Å². The van der Waals surface area contributed by atoms with Gasteiger partial charge in [0.2, 0.25) is 5.91 Å². The highest BCUT2D eigenvalue weighted by molar-refractivity contribution is 5.79. The molecule has 4 heteroatoms. The molecule has 1 amide bonds. The van der Waals surface area contributed by atoms with Gasteiger partial charge in [0.05, 0.1) is 13.5 Å². The van der Waals surface area contributed by atoms with E-state index in [9.17, 15) is 4.79 Å². The van der Waals surface area contributed by atoms with Crippen LogP contribution in [-0.2, 0) is 11.2 Å². The number of ether oxygens (including phenoxy) is 1. The summed E-state index contributed by atoms with van der Waals surface area (Å²) >= 11 is 0. The highest BCUT2D eigenvalue weighted by atomic mass is 16.5. The zero-order chi connectivity index (χ0) is 13.8. The highest BCUT2D eigenvalue weighted by Gasteiger charge is 2.34. The fraction of sp³-hybridized carbons (Fsp3) is 0.533. The van der Waals surface area contributed by atoms with Crippen LogP contribution in [0, 0.1) is 5.92 Å². The predicted octanol–water partition coefficient (Wildman–Crippen LogP) is 1.43. The van der Waals surface area contributed by atoms with Gasteiger partial charge in [0.25, 0.3) is 0 Å². The second-order valence-electron chi connectivity index (χ2n) is 5.17. The molecule has 0 aromatic heterocycles. The Morgan fingerprint density at radius 3 is 2.84 bits per heavy atom. The van der Waals surface area contributed by atoms with Gasteiger partial charge >= 0.3 is 0 Å². The molecular formula is C15H22N2O2. The lowest BCUT2D eigenvalue weighted by atomic mass is 10.1. The number of amides is 1. The van der Waals surface area contributed by atoms with Crippen molar-refractivity contribution in [2.75, 3.05) is 20.7 Å². The van der Waals surface area contributed by atoms with E-state index < -0.39 is 0 Å². The summed E-state index contributed by atoms with van der Waals surface area (Å²) in [5.41, 5.74) is 6.75. The molecule has 2 N–H and O–H groups in total. The molecule has 1 unspecified atom stereocenters. The van der Waals surface area contributed by atoms with Crippen LogP contribution >= 0.6 is 0 Å². The summed E-state index contributed by atoms with van der Waals surface area (Å²) in [7, 11) is 3.49. The fourth-order valence-electron chi connectivity index (χ4n) is 2.41. The summed E-state index contributed by atoms with van der Waals surface area (Å²) in [6, 6.07) is 7.83. The number of hydrogen-bond donors (Lipinski definition) is 1. The molecule has 0 heterocycles. The van der Waals surface area contributed by atoms with Gasteiger partial charge in [0.1, 0.15) is 5.75 Å². The highest BCUT2D eigenvalue weighted by Crippen LogP contribution is 2.34. The van der Waals surface area contributed by atoms with Gasteiger partial charge in [-0.05, 0) is 36.5 Å². The third kappa shape index (κ3) is 3.47. The van der Waals surface area contributed by atoms with E-state index in [0.29, 0.717) is 18.9 Å². The molecule has 1 aromatic carbocycles. The lowest BCUT2D eigenvalue weighted by Crippen LogP contribution is -2.43. The zero-order valence-corrected chi connectivity index (χ0v) is 11.6. The van der Waals surface area contributed by atoms with Crippen LogP contribution in [-0.4, -0.2) is 37.6 Å². The van der Waals surface area contributed by atoms with Gasteiger partial charge in [-0.25, -0.2) is 0 Å². The van der Waals surface area contributed by atoms with Crippen molar-refractivity contribution in [1.82, 2.24) is 4.90 Å². The van der Waals surface area contributed by atoms with Crippen LogP contribution in [0.25, 0.3) is 0 Å². The Kier molecular flexibility index (Phi) is 4.43. The lowest BCUT2D eigenvalue weighted by Gasteiger charge is -2.27. The van der Waals surface area contributed by atoms with Crippen LogP contribution in [0.4, 0.5) is 0 Å². The SMILES string of the molecule is COc1cccc(CC(=O)N(C)C(CN)C2CC2)c1. The summed E-state index contributed by atoms with van der Waals surface area (Å²) in [5.74, 6) is 1.50. The van der Waals surface area contributed by atoms with Crippen LogP contribution in [0.1, 0.15) is 18.4 Å². The molecule has 1 aromatic rings. The third-order valence-corrected chi connectivity index (χ3v) is 3.79. The van der Waals surface area contributed by atoms with E-state index in [4.69, 9.17) is 10.5 Å². The molecule has 0 radical (unpaired) electrons. The van der Waals surface area contributed by atoms with Gasteiger partial charge in [-0.3, -0.25) is 4.79 Å². The molecule has 0 saturated heterocycles. The average Bonchev–Trinajstić information content (AvgIpc) is 3.24. The molecule has 0 bridgehead atoms. The Morgan fingerprint density at radius 1 is 1.53 bits per heavy atom. The maximum absolute atomic E-state index is 12.3. The molecule has 0 spiro atoms. The summed E-state index contributed by atoms with van der Waals surface area (Å²) in [4.78, 5) is 14.1. The molecule has 4 nitrogen and oxygen atoms in total. The number of benzene rings is 1. The van der Waals surface area contributed by atoms with Crippen molar-refractivity contribution >= 4 is 5.91 Å². The first-order chi connectivity index (χ1) is 9.15. The van der Waals surface area contributed by atoms with Crippen LogP contribution in [0.15, 0.2) is 24.3 Å². The monoisotopic (exact) mass is 262 g/mol. The van der Waals surface area contributed by atoms with Crippen LogP contribution in [0.3, 0.4) is 0 Å². The normalized spacial score (nSPS) is 15.9. The molecule has 1 atom stereocenters. The quantitative estimate of drug-likeness (QED) is 0.844. The van der Waals surface area contributed by atoms with Crippen molar-refractivity contribution in [3.8, 4) is 5.75 Å². The largest absolute Gasteiger partial charge is 0.497 e. The standard InChI is InChI=1S/C15H22N2O2/c1-17(14(10-16)12-6-7-12)15(18)9-11-4-3-5-13(8-11)19-2/h3-5,8,12,14H,6-7,9-10,16H2,1-2H3. The van der Waals surface area contributed by atoms with Crippen LogP contribution in [0.5, 0.6) is 5.75 Å². The summed E-state index contributed by atoms with van der Waals surface area (Å²) < 4.78 is 5.17. The van der Waals surface area contributed by atoms with Crippen molar-refractivity contribution in [2.45, 2.75) is 25.3 Å². The topological polar surface area (TPSA) is 55.6 Å². The molecule has 2 rings (SSSR count). The number of carbonyl (C=O) groups excluding carboxylic acids is 1. The maximum atomic E-state index is 12.3. The molecule has 1 aliphatic rings. The van der Waals surface area contributed by atoms with Crippen molar-refractivity contribution in [3.63, 3.8) is 0 Å². The van der Waals surface area contributed by atoms with Crippen molar-refractivity contribution in [1.29, 1.82) is 0 Å². The van der Waals surface area contributed by atoms with Crippen molar-refractivity contribution < 1.29 is 9.53 Å². The number of nitrogens with two attached hydrogens (primary N) is 1. The van der Waals surface area contributed by atoms with E-state index in [1.165, 1.54) is 12.8 Å². The Labute approximate surface area is 114 Å². The number of rotatable bonds is 6. The number of carbonyl (C=O) groups is 1. The Morgan fingerprint density at radius 2 is 2.26 bits per heavy atom. The van der Waals surface area contributed by atoms with E-state index in [1.54, 1.807) is 7.11 Å². The lowest BCUT2D eigenvalue weighted by molar-refractivity contribution is -0.131. The number of hydrogen-bond acceptors (Lipinski definition) is 3. The third-order valence-electron chi connectivity index (χ3n) is 3.79. The van der Waals surface area contributed by atoms with Gasteiger partial charge in [0, 0.05) is 19.6 Å².